The SMILES string of the molecule is CCNC(=O)CN(CC)C(=O)C(=O)N1CCNCC1. The molecule has 0 atom stereocenters. The minimum absolute atomic E-state index is 0.0684. The summed E-state index contributed by atoms with van der Waals surface area (Å²) in [5.41, 5.74) is 0. The molecule has 1 saturated heterocycles. The first-order valence-corrected chi connectivity index (χ1v) is 6.65. The Morgan fingerprint density at radius 1 is 1.21 bits per heavy atom. The van der Waals surface area contributed by atoms with Gasteiger partial charge in [0, 0.05) is 39.3 Å². The van der Waals surface area contributed by atoms with Gasteiger partial charge in [-0.3, -0.25) is 14.4 Å². The van der Waals surface area contributed by atoms with E-state index in [1.807, 2.05) is 6.92 Å². The van der Waals surface area contributed by atoms with Crippen LogP contribution in [-0.2, 0) is 14.4 Å². The lowest BCUT2D eigenvalue weighted by Crippen LogP contribution is -2.53. The Morgan fingerprint density at radius 3 is 2.37 bits per heavy atom. The zero-order valence-corrected chi connectivity index (χ0v) is 11.6. The quantitative estimate of drug-likeness (QED) is 0.603. The van der Waals surface area contributed by atoms with Gasteiger partial charge >= 0.3 is 11.8 Å². The molecule has 1 aliphatic rings. The van der Waals surface area contributed by atoms with Gasteiger partial charge in [0.1, 0.15) is 0 Å². The van der Waals surface area contributed by atoms with Crippen molar-refractivity contribution in [2.75, 3.05) is 45.8 Å². The van der Waals surface area contributed by atoms with Crippen molar-refractivity contribution in [3.8, 4) is 0 Å². The van der Waals surface area contributed by atoms with E-state index in [0.717, 1.165) is 0 Å². The molecule has 0 aromatic carbocycles. The molecule has 1 rings (SSSR count). The molecule has 2 N–H and O–H groups in total. The number of hydrogen-bond donors (Lipinski definition) is 2. The van der Waals surface area contributed by atoms with Crippen LogP contribution >= 0.6 is 0 Å². The predicted molar refractivity (Wildman–Crippen MR) is 70.4 cm³/mol. The molecule has 7 heteroatoms. The number of amides is 3. The Kier molecular flexibility index (Phi) is 6.27. The van der Waals surface area contributed by atoms with Crippen LogP contribution in [0.2, 0.25) is 0 Å². The van der Waals surface area contributed by atoms with Crippen molar-refractivity contribution in [2.24, 2.45) is 0 Å². The summed E-state index contributed by atoms with van der Waals surface area (Å²) >= 11 is 0. The van der Waals surface area contributed by atoms with Crippen LogP contribution in [0.3, 0.4) is 0 Å². The Morgan fingerprint density at radius 2 is 1.84 bits per heavy atom. The molecule has 1 aliphatic heterocycles. The van der Waals surface area contributed by atoms with Gasteiger partial charge in [0.25, 0.3) is 0 Å². The largest absolute Gasteiger partial charge is 0.355 e. The summed E-state index contributed by atoms with van der Waals surface area (Å²) in [6, 6.07) is 0. The maximum Gasteiger partial charge on any atom is 0.312 e. The second-order valence-corrected chi connectivity index (χ2v) is 4.32. The van der Waals surface area contributed by atoms with E-state index in [1.165, 1.54) is 9.80 Å². The van der Waals surface area contributed by atoms with Crippen molar-refractivity contribution in [3.05, 3.63) is 0 Å². The molecule has 108 valence electrons. The lowest BCUT2D eigenvalue weighted by atomic mass is 10.3. The van der Waals surface area contributed by atoms with Crippen molar-refractivity contribution >= 4 is 17.7 Å². The summed E-state index contributed by atoms with van der Waals surface area (Å²) < 4.78 is 0. The molecule has 0 spiro atoms. The van der Waals surface area contributed by atoms with Crippen molar-refractivity contribution in [2.45, 2.75) is 13.8 Å². The van der Waals surface area contributed by atoms with Gasteiger partial charge in [-0.1, -0.05) is 0 Å². The monoisotopic (exact) mass is 270 g/mol. The molecule has 1 heterocycles. The van der Waals surface area contributed by atoms with E-state index in [9.17, 15) is 14.4 Å². The van der Waals surface area contributed by atoms with Crippen molar-refractivity contribution in [1.29, 1.82) is 0 Å². The standard InChI is InChI=1S/C12H22N4O3/c1-3-14-10(17)9-15(4-2)11(18)12(19)16-7-5-13-6-8-16/h13H,3-9H2,1-2H3,(H,14,17). The highest BCUT2D eigenvalue weighted by Crippen LogP contribution is 1.99. The first-order chi connectivity index (χ1) is 9.10. The Balaban J connectivity index is 2.56. The fraction of sp³-hybridized carbons (Fsp3) is 0.750. The highest BCUT2D eigenvalue weighted by molar-refractivity contribution is 6.35. The van der Waals surface area contributed by atoms with E-state index in [1.54, 1.807) is 6.92 Å². The van der Waals surface area contributed by atoms with Crippen LogP contribution in [-0.4, -0.2) is 73.3 Å². The van der Waals surface area contributed by atoms with Gasteiger partial charge in [-0.15, -0.1) is 0 Å². The van der Waals surface area contributed by atoms with E-state index >= 15 is 0 Å². The summed E-state index contributed by atoms with van der Waals surface area (Å²) in [6.07, 6.45) is 0. The number of carbonyl (C=O) groups excluding carboxylic acids is 3. The first-order valence-electron chi connectivity index (χ1n) is 6.65. The molecule has 1 fully saturated rings. The van der Waals surface area contributed by atoms with Crippen molar-refractivity contribution in [3.63, 3.8) is 0 Å². The topological polar surface area (TPSA) is 81.8 Å². The number of carbonyl (C=O) groups is 3. The predicted octanol–water partition coefficient (Wildman–Crippen LogP) is -1.60. The van der Waals surface area contributed by atoms with Crippen LogP contribution < -0.4 is 10.6 Å². The molecule has 0 aliphatic carbocycles. The van der Waals surface area contributed by atoms with Gasteiger partial charge in [-0.2, -0.15) is 0 Å². The molecule has 0 bridgehead atoms. The number of nitrogens with zero attached hydrogens (tertiary/aromatic N) is 2. The molecule has 0 radical (unpaired) electrons. The molecule has 7 nitrogen and oxygen atoms in total. The molecule has 0 aromatic rings. The maximum absolute atomic E-state index is 12.0. The smallest absolute Gasteiger partial charge is 0.312 e. The summed E-state index contributed by atoms with van der Waals surface area (Å²) in [7, 11) is 0. The second kappa shape index (κ2) is 7.73. The van der Waals surface area contributed by atoms with Crippen molar-refractivity contribution < 1.29 is 14.4 Å². The Bertz CT molecular complexity index is 340. The fourth-order valence-corrected chi connectivity index (χ4v) is 1.89. The van der Waals surface area contributed by atoms with Crippen LogP contribution in [0, 0.1) is 0 Å². The number of piperazine rings is 1. The minimum Gasteiger partial charge on any atom is -0.355 e. The molecule has 3 amide bonds. The van der Waals surface area contributed by atoms with Gasteiger partial charge < -0.3 is 20.4 Å². The van der Waals surface area contributed by atoms with Crippen LogP contribution in [0.15, 0.2) is 0 Å². The molecule has 19 heavy (non-hydrogen) atoms. The van der Waals surface area contributed by atoms with Crippen LogP contribution in [0.5, 0.6) is 0 Å². The van der Waals surface area contributed by atoms with Crippen LogP contribution in [0.1, 0.15) is 13.8 Å². The van der Waals surface area contributed by atoms with E-state index in [-0.39, 0.29) is 12.5 Å². The number of likely N-dealkylation sites (N-methyl/N-ethyl adjacent to an activating group) is 2. The third-order valence-corrected chi connectivity index (χ3v) is 2.96. The minimum atomic E-state index is -0.601. The first kappa shape index (κ1) is 15.4. The highest BCUT2D eigenvalue weighted by atomic mass is 16.2. The molecule has 0 saturated carbocycles. The van der Waals surface area contributed by atoms with Crippen molar-refractivity contribution in [1.82, 2.24) is 20.4 Å². The average Bonchev–Trinajstić information content (AvgIpc) is 2.44. The van der Waals surface area contributed by atoms with Gasteiger partial charge in [0.2, 0.25) is 5.91 Å². The van der Waals surface area contributed by atoms with E-state index in [4.69, 9.17) is 0 Å². The second-order valence-electron chi connectivity index (χ2n) is 4.32. The number of nitrogens with one attached hydrogen (secondary N) is 2. The summed E-state index contributed by atoms with van der Waals surface area (Å²) in [4.78, 5) is 38.3. The molecule has 0 unspecified atom stereocenters. The molecule has 0 aromatic heterocycles. The van der Waals surface area contributed by atoms with Crippen LogP contribution in [0.4, 0.5) is 0 Å². The normalized spacial score (nSPS) is 14.9. The summed E-state index contributed by atoms with van der Waals surface area (Å²) in [6.45, 7) is 6.80. The zero-order chi connectivity index (χ0) is 14.3. The van der Waals surface area contributed by atoms with Gasteiger partial charge in [0.05, 0.1) is 6.54 Å². The lowest BCUT2D eigenvalue weighted by Gasteiger charge is -2.29. The number of rotatable bonds is 4. The Hall–Kier alpha value is -1.63. The molecular formula is C12H22N4O3. The summed E-state index contributed by atoms with van der Waals surface area (Å²) in [5.74, 6) is -1.37. The third kappa shape index (κ3) is 4.51. The summed E-state index contributed by atoms with van der Waals surface area (Å²) in [5, 5.41) is 5.73. The Labute approximate surface area is 113 Å². The van der Waals surface area contributed by atoms with E-state index < -0.39 is 11.8 Å². The maximum atomic E-state index is 12.0. The molecular weight excluding hydrogens is 248 g/mol. The number of hydrogen-bond acceptors (Lipinski definition) is 4. The fourth-order valence-electron chi connectivity index (χ4n) is 1.89. The van der Waals surface area contributed by atoms with E-state index in [2.05, 4.69) is 10.6 Å². The van der Waals surface area contributed by atoms with Gasteiger partial charge in [0.15, 0.2) is 0 Å². The average molecular weight is 270 g/mol. The van der Waals surface area contributed by atoms with Gasteiger partial charge in [-0.25, -0.2) is 0 Å². The van der Waals surface area contributed by atoms with E-state index in [0.29, 0.717) is 39.3 Å². The lowest BCUT2D eigenvalue weighted by molar-refractivity contribution is -0.152. The third-order valence-electron chi connectivity index (χ3n) is 2.96. The highest BCUT2D eigenvalue weighted by Gasteiger charge is 2.28. The van der Waals surface area contributed by atoms with Crippen LogP contribution in [0.25, 0.3) is 0 Å². The van der Waals surface area contributed by atoms with Gasteiger partial charge in [-0.05, 0) is 13.8 Å². The zero-order valence-electron chi connectivity index (χ0n) is 11.6.